The van der Waals surface area contributed by atoms with Crippen LogP contribution in [0.5, 0.6) is 0 Å². The monoisotopic (exact) mass is 389 g/mol. The van der Waals surface area contributed by atoms with E-state index in [-0.39, 0.29) is 11.1 Å². The minimum absolute atomic E-state index is 0.164. The predicted molar refractivity (Wildman–Crippen MR) is 112 cm³/mol. The zero-order valence-corrected chi connectivity index (χ0v) is 17.4. The van der Waals surface area contributed by atoms with E-state index in [1.807, 2.05) is 6.08 Å². The molecule has 2 rings (SSSR count). The first-order chi connectivity index (χ1) is 13.2. The molecule has 1 heterocycles. The van der Waals surface area contributed by atoms with Crippen LogP contribution >= 0.6 is 11.8 Å². The van der Waals surface area contributed by atoms with Gasteiger partial charge in [0.1, 0.15) is 0 Å². The van der Waals surface area contributed by atoms with Crippen LogP contribution in [0, 0.1) is 0 Å². The normalized spacial score (nSPS) is 15.9. The highest BCUT2D eigenvalue weighted by atomic mass is 32.2. The van der Waals surface area contributed by atoms with Crippen molar-refractivity contribution in [2.45, 2.75) is 64.7 Å². The van der Waals surface area contributed by atoms with Gasteiger partial charge in [0.05, 0.1) is 18.0 Å². The van der Waals surface area contributed by atoms with Gasteiger partial charge in [0.15, 0.2) is 0 Å². The van der Waals surface area contributed by atoms with Gasteiger partial charge in [0, 0.05) is 0 Å². The highest BCUT2D eigenvalue weighted by Gasteiger charge is 2.34. The number of quaternary nitrogens is 1. The Kier molecular flexibility index (Phi) is 9.64. The fourth-order valence-electron chi connectivity index (χ4n) is 3.24. The number of carbonyl (C=O) groups is 2. The molecule has 1 saturated heterocycles. The number of unbranched alkanes of at least 4 members (excludes halogenated alkanes) is 5. The van der Waals surface area contributed by atoms with E-state index in [4.69, 9.17) is 0 Å². The van der Waals surface area contributed by atoms with Crippen molar-refractivity contribution in [2.75, 3.05) is 13.1 Å². The van der Waals surface area contributed by atoms with Gasteiger partial charge >= 0.3 is 0 Å². The van der Waals surface area contributed by atoms with E-state index < -0.39 is 0 Å². The molecule has 0 bridgehead atoms. The molecular formula is C22H33N2O2S+. The number of hydrogen-bond donors (Lipinski definition) is 1. The molecule has 3 N–H and O–H groups in total. The third-order valence-corrected chi connectivity index (χ3v) is 5.82. The third kappa shape index (κ3) is 7.15. The van der Waals surface area contributed by atoms with Gasteiger partial charge in [-0.3, -0.25) is 14.5 Å². The summed E-state index contributed by atoms with van der Waals surface area (Å²) in [6.45, 7) is 3.21. The van der Waals surface area contributed by atoms with Crippen molar-refractivity contribution in [1.82, 2.24) is 4.90 Å². The van der Waals surface area contributed by atoms with Crippen LogP contribution in [0.2, 0.25) is 0 Å². The third-order valence-electron chi connectivity index (χ3n) is 4.86. The number of imide groups is 1. The number of amides is 2. The van der Waals surface area contributed by atoms with Crippen LogP contribution in [0.1, 0.15) is 63.0 Å². The Morgan fingerprint density at radius 1 is 0.963 bits per heavy atom. The average molecular weight is 390 g/mol. The van der Waals surface area contributed by atoms with Gasteiger partial charge in [-0.15, -0.1) is 0 Å². The quantitative estimate of drug-likeness (QED) is 0.427. The number of rotatable bonds is 12. The van der Waals surface area contributed by atoms with Crippen molar-refractivity contribution in [3.8, 4) is 0 Å². The van der Waals surface area contributed by atoms with Crippen molar-refractivity contribution in [2.24, 2.45) is 0 Å². The summed E-state index contributed by atoms with van der Waals surface area (Å²) in [5.41, 5.74) is 6.39. The van der Waals surface area contributed by atoms with Crippen molar-refractivity contribution >= 4 is 22.9 Å². The first-order valence-electron chi connectivity index (χ1n) is 10.3. The molecule has 1 aliphatic rings. The molecule has 0 radical (unpaired) electrons. The number of thioether (sulfide) groups is 1. The number of carbonyl (C=O) groups excluding carboxylic acids is 2. The van der Waals surface area contributed by atoms with Gasteiger partial charge in [0.2, 0.25) is 0 Å². The Labute approximate surface area is 167 Å². The lowest BCUT2D eigenvalue weighted by Gasteiger charge is -2.08. The van der Waals surface area contributed by atoms with Crippen molar-refractivity contribution < 1.29 is 15.3 Å². The van der Waals surface area contributed by atoms with E-state index in [9.17, 15) is 9.59 Å². The zero-order valence-electron chi connectivity index (χ0n) is 16.5. The van der Waals surface area contributed by atoms with E-state index >= 15 is 0 Å². The van der Waals surface area contributed by atoms with Gasteiger partial charge in [-0.05, 0) is 48.6 Å². The molecule has 0 aromatic heterocycles. The molecule has 0 spiro atoms. The molecule has 5 heteroatoms. The molecule has 0 aliphatic carbocycles. The summed E-state index contributed by atoms with van der Waals surface area (Å²) in [6.07, 6.45) is 12.7. The van der Waals surface area contributed by atoms with Gasteiger partial charge < -0.3 is 5.73 Å². The molecule has 1 aromatic carbocycles. The lowest BCUT2D eigenvalue weighted by molar-refractivity contribution is -0.367. The summed E-state index contributed by atoms with van der Waals surface area (Å²) in [5, 5.41) is -0.172. The summed E-state index contributed by atoms with van der Waals surface area (Å²) in [6, 6.07) is 8.83. The Balaban J connectivity index is 1.72. The average Bonchev–Trinajstić information content (AvgIpc) is 2.94. The van der Waals surface area contributed by atoms with E-state index in [1.54, 1.807) is 0 Å². The van der Waals surface area contributed by atoms with Crippen molar-refractivity contribution in [3.63, 3.8) is 0 Å². The predicted octanol–water partition coefficient (Wildman–Crippen LogP) is 4.34. The van der Waals surface area contributed by atoms with Crippen LogP contribution in [0.15, 0.2) is 35.2 Å². The van der Waals surface area contributed by atoms with Crippen LogP contribution < -0.4 is 5.73 Å². The van der Waals surface area contributed by atoms with Crippen LogP contribution in [0.4, 0.5) is 4.79 Å². The molecule has 0 saturated carbocycles. The molecule has 4 nitrogen and oxygen atoms in total. The smallest absolute Gasteiger partial charge is 0.293 e. The molecule has 0 atom stereocenters. The molecular weight excluding hydrogens is 356 g/mol. The molecule has 0 unspecified atom stereocenters. The number of hydrogen-bond acceptors (Lipinski definition) is 3. The molecule has 148 valence electrons. The second-order valence-electron chi connectivity index (χ2n) is 7.12. The minimum Gasteiger partial charge on any atom is -0.356 e. The maximum absolute atomic E-state index is 12.2. The lowest BCUT2D eigenvalue weighted by atomic mass is 10.0. The molecule has 27 heavy (non-hydrogen) atoms. The van der Waals surface area contributed by atoms with E-state index in [0.29, 0.717) is 18.0 Å². The van der Waals surface area contributed by atoms with Crippen LogP contribution in [0.25, 0.3) is 0 Å². The van der Waals surface area contributed by atoms with Crippen LogP contribution in [0.3, 0.4) is 0 Å². The summed E-state index contributed by atoms with van der Waals surface area (Å²) >= 11 is 1.05. The topological polar surface area (TPSA) is 65.0 Å². The van der Waals surface area contributed by atoms with Gasteiger partial charge in [-0.2, -0.15) is 0 Å². The first kappa shape index (κ1) is 21.7. The van der Waals surface area contributed by atoms with Crippen molar-refractivity contribution in [3.05, 3.63) is 46.4 Å². The number of aryl methyl sites for hydroxylation is 2. The summed E-state index contributed by atoms with van der Waals surface area (Å²) in [7, 11) is 0. The fraction of sp³-hybridized carbons (Fsp3) is 0.545. The van der Waals surface area contributed by atoms with Gasteiger partial charge in [-0.1, -0.05) is 69.4 Å². The molecule has 2 amide bonds. The number of benzene rings is 1. The number of allylic oxidation sites excluding steroid dienone is 1. The van der Waals surface area contributed by atoms with E-state index in [2.05, 4.69) is 36.9 Å². The Morgan fingerprint density at radius 3 is 2.26 bits per heavy atom. The second kappa shape index (κ2) is 12.0. The Bertz CT molecular complexity index is 640. The highest BCUT2D eigenvalue weighted by molar-refractivity contribution is 8.18. The minimum atomic E-state index is -0.172. The Hall–Kier alpha value is -1.59. The maximum atomic E-state index is 12.2. The van der Waals surface area contributed by atoms with Gasteiger partial charge in [0.25, 0.3) is 11.1 Å². The zero-order chi connectivity index (χ0) is 19.5. The standard InChI is InChI=1S/C22H32N2O2S/c1-2-3-4-5-6-7-9-18-12-14-19(15-13-18)10-8-11-20-21(25)24(17-16-23)22(26)27-20/h11-15H,2-10,16-17,23H2,1H3/p+1/b20-11-. The van der Waals surface area contributed by atoms with Crippen LogP contribution in [-0.4, -0.2) is 29.1 Å². The molecule has 1 aliphatic heterocycles. The maximum Gasteiger partial charge on any atom is 0.293 e. The first-order valence-corrected chi connectivity index (χ1v) is 11.1. The van der Waals surface area contributed by atoms with Crippen molar-refractivity contribution in [1.29, 1.82) is 0 Å². The summed E-state index contributed by atoms with van der Waals surface area (Å²) < 4.78 is 0. The van der Waals surface area contributed by atoms with Gasteiger partial charge in [-0.25, -0.2) is 0 Å². The van der Waals surface area contributed by atoms with Crippen LogP contribution in [-0.2, 0) is 17.6 Å². The largest absolute Gasteiger partial charge is 0.356 e. The van der Waals surface area contributed by atoms with E-state index in [1.165, 1.54) is 54.6 Å². The summed E-state index contributed by atoms with van der Waals surface area (Å²) in [5.74, 6) is -0.164. The summed E-state index contributed by atoms with van der Waals surface area (Å²) in [4.78, 5) is 25.8. The molecule has 1 fully saturated rings. The number of nitrogens with zero attached hydrogens (tertiary/aromatic N) is 1. The molecule has 1 aromatic rings. The highest BCUT2D eigenvalue weighted by Crippen LogP contribution is 2.30. The second-order valence-corrected chi connectivity index (χ2v) is 8.11. The fourth-order valence-corrected chi connectivity index (χ4v) is 4.11. The van der Waals surface area contributed by atoms with E-state index in [0.717, 1.165) is 31.0 Å². The lowest BCUT2D eigenvalue weighted by Crippen LogP contribution is -2.55. The Morgan fingerprint density at radius 2 is 1.59 bits per heavy atom. The SMILES string of the molecule is CCCCCCCCc1ccc(CC/C=C2\SC(=O)N(CC[NH3+])C2=O)cc1.